The number of pyridine rings is 1. The number of carbonyl (C=O) groups is 1. The Morgan fingerprint density at radius 1 is 1.20 bits per heavy atom. The van der Waals surface area contributed by atoms with Crippen LogP contribution in [0.15, 0.2) is 58.0 Å². The third-order valence-electron chi connectivity index (χ3n) is 4.45. The first-order valence-electron chi connectivity index (χ1n) is 9.03. The summed E-state index contributed by atoms with van der Waals surface area (Å²) in [5, 5.41) is 12.8. The Morgan fingerprint density at radius 3 is 2.83 bits per heavy atom. The minimum atomic E-state index is -0.162. The first-order chi connectivity index (χ1) is 14.5. The normalized spacial score (nSPS) is 11.8. The molecule has 0 spiro atoms. The van der Waals surface area contributed by atoms with Crippen molar-refractivity contribution in [2.45, 2.75) is 11.9 Å². The van der Waals surface area contributed by atoms with E-state index in [0.29, 0.717) is 27.8 Å². The lowest BCUT2D eigenvalue weighted by atomic mass is 10.1. The van der Waals surface area contributed by atoms with Crippen molar-refractivity contribution in [2.24, 2.45) is 0 Å². The Kier molecular flexibility index (Phi) is 5.93. The van der Waals surface area contributed by atoms with Gasteiger partial charge in [0, 0.05) is 15.7 Å². The van der Waals surface area contributed by atoms with E-state index in [0.717, 1.165) is 21.3 Å². The fourth-order valence-corrected chi connectivity index (χ4v) is 4.19. The summed E-state index contributed by atoms with van der Waals surface area (Å²) in [5.41, 5.74) is 3.69. The Balaban J connectivity index is 1.50. The third-order valence-corrected chi connectivity index (χ3v) is 5.94. The number of nitrogens with one attached hydrogen (secondary N) is 1. The highest BCUT2D eigenvalue weighted by Gasteiger charge is 2.16. The van der Waals surface area contributed by atoms with Gasteiger partial charge in [-0.2, -0.15) is 5.26 Å². The van der Waals surface area contributed by atoms with Crippen LogP contribution >= 0.6 is 27.7 Å². The molecule has 0 radical (unpaired) electrons. The summed E-state index contributed by atoms with van der Waals surface area (Å²) in [7, 11) is 0. The van der Waals surface area contributed by atoms with Crippen molar-refractivity contribution in [3.8, 4) is 28.8 Å². The molecule has 4 rings (SSSR count). The highest BCUT2D eigenvalue weighted by atomic mass is 79.9. The molecular formula is C22H16BrN3O3S. The molecule has 0 fully saturated rings. The lowest BCUT2D eigenvalue weighted by Crippen LogP contribution is -2.15. The predicted molar refractivity (Wildman–Crippen MR) is 119 cm³/mol. The van der Waals surface area contributed by atoms with Gasteiger partial charge in [0.25, 0.3) is 0 Å². The van der Waals surface area contributed by atoms with Gasteiger partial charge in [0.05, 0.1) is 17.0 Å². The first-order valence-corrected chi connectivity index (χ1v) is 10.8. The van der Waals surface area contributed by atoms with Crippen molar-refractivity contribution >= 4 is 39.3 Å². The summed E-state index contributed by atoms with van der Waals surface area (Å²) in [4.78, 5) is 17.0. The lowest BCUT2D eigenvalue weighted by Gasteiger charge is -2.10. The van der Waals surface area contributed by atoms with Crippen LogP contribution in [-0.4, -0.2) is 23.4 Å². The molecule has 0 bridgehead atoms. The van der Waals surface area contributed by atoms with Gasteiger partial charge in [0.1, 0.15) is 11.1 Å². The molecule has 2 aromatic carbocycles. The number of aryl methyl sites for hydroxylation is 1. The van der Waals surface area contributed by atoms with E-state index in [1.54, 1.807) is 12.1 Å². The van der Waals surface area contributed by atoms with Gasteiger partial charge in [-0.1, -0.05) is 27.7 Å². The molecule has 1 amide bonds. The second-order valence-corrected chi connectivity index (χ2v) is 8.40. The van der Waals surface area contributed by atoms with E-state index in [1.165, 1.54) is 11.8 Å². The second kappa shape index (κ2) is 8.78. The van der Waals surface area contributed by atoms with Crippen LogP contribution in [0.2, 0.25) is 0 Å². The van der Waals surface area contributed by atoms with E-state index in [-0.39, 0.29) is 18.5 Å². The van der Waals surface area contributed by atoms with Crippen LogP contribution < -0.4 is 14.8 Å². The Bertz CT molecular complexity index is 1180. The molecule has 1 aromatic heterocycles. The average molecular weight is 482 g/mol. The minimum absolute atomic E-state index is 0.141. The molecule has 0 saturated carbocycles. The molecule has 0 saturated heterocycles. The van der Waals surface area contributed by atoms with Crippen LogP contribution in [0, 0.1) is 18.3 Å². The zero-order chi connectivity index (χ0) is 21.1. The zero-order valence-corrected chi connectivity index (χ0v) is 18.3. The van der Waals surface area contributed by atoms with E-state index in [4.69, 9.17) is 9.47 Å². The summed E-state index contributed by atoms with van der Waals surface area (Å²) < 4.78 is 11.7. The molecular weight excluding hydrogens is 466 g/mol. The van der Waals surface area contributed by atoms with E-state index >= 15 is 0 Å². The van der Waals surface area contributed by atoms with Crippen LogP contribution in [0.25, 0.3) is 11.3 Å². The molecule has 3 aromatic rings. The van der Waals surface area contributed by atoms with Crippen LogP contribution in [0.5, 0.6) is 11.5 Å². The Morgan fingerprint density at radius 2 is 2.03 bits per heavy atom. The van der Waals surface area contributed by atoms with Crippen molar-refractivity contribution in [3.05, 3.63) is 64.1 Å². The van der Waals surface area contributed by atoms with E-state index in [9.17, 15) is 10.1 Å². The molecule has 1 aliphatic heterocycles. The number of rotatable bonds is 5. The summed E-state index contributed by atoms with van der Waals surface area (Å²) in [6, 6.07) is 16.9. The Hall–Kier alpha value is -3.02. The first kappa shape index (κ1) is 20.3. The van der Waals surface area contributed by atoms with E-state index < -0.39 is 0 Å². The number of nitrogens with zero attached hydrogens (tertiary/aromatic N) is 2. The summed E-state index contributed by atoms with van der Waals surface area (Å²) in [6.07, 6.45) is 0. The van der Waals surface area contributed by atoms with Gasteiger partial charge >= 0.3 is 0 Å². The number of carbonyl (C=O) groups excluding carboxylic acids is 1. The number of benzene rings is 2. The molecule has 1 aliphatic rings. The second-order valence-electron chi connectivity index (χ2n) is 6.53. The number of thioether (sulfide) groups is 1. The van der Waals surface area contributed by atoms with Crippen molar-refractivity contribution in [3.63, 3.8) is 0 Å². The number of aromatic nitrogens is 1. The number of amides is 1. The molecule has 0 atom stereocenters. The maximum atomic E-state index is 12.4. The Labute approximate surface area is 186 Å². The van der Waals surface area contributed by atoms with Gasteiger partial charge in [-0.3, -0.25) is 4.79 Å². The number of ether oxygens (including phenoxy) is 2. The van der Waals surface area contributed by atoms with Crippen LogP contribution in [0.3, 0.4) is 0 Å². The molecule has 0 aliphatic carbocycles. The molecule has 6 nitrogen and oxygen atoms in total. The lowest BCUT2D eigenvalue weighted by molar-refractivity contribution is -0.113. The van der Waals surface area contributed by atoms with E-state index in [1.807, 2.05) is 43.3 Å². The van der Waals surface area contributed by atoms with Crippen molar-refractivity contribution in [1.82, 2.24) is 4.98 Å². The highest BCUT2D eigenvalue weighted by molar-refractivity contribution is 9.10. The summed E-state index contributed by atoms with van der Waals surface area (Å²) in [5.74, 6) is 1.34. The third kappa shape index (κ3) is 4.42. The van der Waals surface area contributed by atoms with Crippen molar-refractivity contribution in [2.75, 3.05) is 17.9 Å². The number of nitriles is 1. The molecule has 30 heavy (non-hydrogen) atoms. The van der Waals surface area contributed by atoms with Gasteiger partial charge in [0.15, 0.2) is 11.5 Å². The number of fused-ring (bicyclic) bond motifs is 1. The van der Waals surface area contributed by atoms with Crippen molar-refractivity contribution < 1.29 is 14.3 Å². The van der Waals surface area contributed by atoms with Gasteiger partial charge in [-0.25, -0.2) is 4.98 Å². The quantitative estimate of drug-likeness (QED) is 0.507. The smallest absolute Gasteiger partial charge is 0.234 e. The molecule has 8 heteroatoms. The minimum Gasteiger partial charge on any atom is -0.454 e. The number of hydrogen-bond donors (Lipinski definition) is 1. The van der Waals surface area contributed by atoms with Crippen LogP contribution in [-0.2, 0) is 4.79 Å². The van der Waals surface area contributed by atoms with Gasteiger partial charge in [-0.05, 0) is 61.0 Å². The van der Waals surface area contributed by atoms with Crippen LogP contribution in [0.4, 0.5) is 5.69 Å². The maximum absolute atomic E-state index is 12.4. The van der Waals surface area contributed by atoms with Crippen molar-refractivity contribution in [1.29, 1.82) is 5.26 Å². The number of halogens is 1. The summed E-state index contributed by atoms with van der Waals surface area (Å²) >= 11 is 4.64. The topological polar surface area (TPSA) is 84.2 Å². The molecule has 2 heterocycles. The zero-order valence-electron chi connectivity index (χ0n) is 15.9. The largest absolute Gasteiger partial charge is 0.454 e. The maximum Gasteiger partial charge on any atom is 0.234 e. The SMILES string of the molecule is Cc1cc(Br)ccc1NC(=O)CSc1nc(-c2ccc3c(c2)OCO3)ccc1C#N. The predicted octanol–water partition coefficient (Wildman–Crippen LogP) is 5.15. The fourth-order valence-electron chi connectivity index (χ4n) is 2.94. The summed E-state index contributed by atoms with van der Waals surface area (Å²) in [6.45, 7) is 2.13. The number of anilines is 1. The average Bonchev–Trinajstić information content (AvgIpc) is 3.22. The van der Waals surface area contributed by atoms with Gasteiger partial charge in [-0.15, -0.1) is 0 Å². The van der Waals surface area contributed by atoms with E-state index in [2.05, 4.69) is 32.3 Å². The molecule has 150 valence electrons. The van der Waals surface area contributed by atoms with Crippen LogP contribution in [0.1, 0.15) is 11.1 Å². The highest BCUT2D eigenvalue weighted by Crippen LogP contribution is 2.36. The van der Waals surface area contributed by atoms with Gasteiger partial charge in [0.2, 0.25) is 12.7 Å². The standard InChI is InChI=1S/C22H16BrN3O3S/c1-13-8-16(23)4-6-17(13)25-21(27)11-30-22-15(10-24)2-5-18(26-22)14-3-7-19-20(9-14)29-12-28-19/h2-9H,11-12H2,1H3,(H,25,27). The molecule has 1 N–H and O–H groups in total. The monoisotopic (exact) mass is 481 g/mol. The van der Waals surface area contributed by atoms with Gasteiger partial charge < -0.3 is 14.8 Å². The molecule has 0 unspecified atom stereocenters. The number of hydrogen-bond acceptors (Lipinski definition) is 6. The fraction of sp³-hybridized carbons (Fsp3) is 0.136.